The van der Waals surface area contributed by atoms with Crippen molar-refractivity contribution >= 4 is 54.1 Å². The fourth-order valence-electron chi connectivity index (χ4n) is 3.87. The number of aromatic nitrogens is 1. The van der Waals surface area contributed by atoms with Crippen LogP contribution in [0.15, 0.2) is 30.5 Å². The third-order valence-corrected chi connectivity index (χ3v) is 8.20. The number of carbonyl (C=O) groups excluding carboxylic acids is 2. The highest BCUT2D eigenvalue weighted by Gasteiger charge is 2.38. The van der Waals surface area contributed by atoms with Gasteiger partial charge in [-0.25, -0.2) is 14.2 Å². The van der Waals surface area contributed by atoms with Crippen LogP contribution >= 0.6 is 22.6 Å². The van der Waals surface area contributed by atoms with Crippen molar-refractivity contribution in [2.45, 2.75) is 57.5 Å². The highest BCUT2D eigenvalue weighted by molar-refractivity contribution is 14.1. The van der Waals surface area contributed by atoms with Crippen molar-refractivity contribution in [3.05, 3.63) is 45.4 Å². The third-order valence-electron chi connectivity index (χ3n) is 5.91. The average Bonchev–Trinajstić information content (AvgIpc) is 2.80. The third kappa shape index (κ3) is 8.50. The normalized spacial score (nSPS) is 15.1. The van der Waals surface area contributed by atoms with Crippen molar-refractivity contribution in [3.8, 4) is 5.75 Å². The lowest BCUT2D eigenvalue weighted by Gasteiger charge is -2.37. The zero-order valence-corrected chi connectivity index (χ0v) is 25.8. The summed E-state index contributed by atoms with van der Waals surface area (Å²) in [5.41, 5.74) is -1.36. The highest BCUT2D eigenvalue weighted by Crippen LogP contribution is 2.35. The van der Waals surface area contributed by atoms with Crippen molar-refractivity contribution in [1.82, 2.24) is 10.3 Å². The predicted octanol–water partition coefficient (Wildman–Crippen LogP) is 5.41. The number of anilines is 2. The lowest BCUT2D eigenvalue weighted by atomic mass is 9.91. The number of pyridine rings is 1. The van der Waals surface area contributed by atoms with Crippen LogP contribution in [-0.2, 0) is 9.53 Å². The molecule has 40 heavy (non-hydrogen) atoms. The summed E-state index contributed by atoms with van der Waals surface area (Å²) < 4.78 is 62.2. The van der Waals surface area contributed by atoms with Gasteiger partial charge in [-0.2, -0.15) is 0 Å². The summed E-state index contributed by atoms with van der Waals surface area (Å²) in [4.78, 5) is 33.4. The van der Waals surface area contributed by atoms with Gasteiger partial charge >= 0.3 is 12.4 Å². The molecule has 1 aliphatic rings. The lowest BCUT2D eigenvalue weighted by Crippen LogP contribution is -2.54. The minimum Gasteiger partial charge on any atom is -0.403 e. The molecule has 15 heteroatoms. The zero-order valence-electron chi connectivity index (χ0n) is 22.6. The summed E-state index contributed by atoms with van der Waals surface area (Å²) in [7, 11) is -1.35. The number of nitrogens with zero attached hydrogens (tertiary/aromatic N) is 3. The average molecular weight is 699 g/mol. The van der Waals surface area contributed by atoms with Crippen molar-refractivity contribution in [2.24, 2.45) is 0 Å². The van der Waals surface area contributed by atoms with E-state index >= 15 is 0 Å². The van der Waals surface area contributed by atoms with Crippen LogP contribution in [0.5, 0.6) is 5.75 Å². The Morgan fingerprint density at radius 2 is 1.93 bits per heavy atom. The topological polar surface area (TPSA) is 104 Å². The number of alkyl halides is 3. The first kappa shape index (κ1) is 32.0. The molecule has 3 amide bonds. The van der Waals surface area contributed by atoms with E-state index in [1.807, 2.05) is 22.6 Å². The maximum absolute atomic E-state index is 14.4. The van der Waals surface area contributed by atoms with E-state index in [4.69, 9.17) is 4.74 Å². The lowest BCUT2D eigenvalue weighted by molar-refractivity contribution is -0.275. The minimum atomic E-state index is -5.10. The summed E-state index contributed by atoms with van der Waals surface area (Å²) >= 11 is 2.03. The van der Waals surface area contributed by atoms with E-state index in [1.54, 1.807) is 6.07 Å². The number of carbonyl (C=O) groups is 2. The Bertz CT molecular complexity index is 1250. The molecule has 9 nitrogen and oxygen atoms in total. The molecule has 1 aliphatic heterocycles. The smallest absolute Gasteiger partial charge is 0.403 e. The van der Waals surface area contributed by atoms with E-state index in [-0.39, 0.29) is 18.1 Å². The van der Waals surface area contributed by atoms with E-state index in [0.717, 1.165) is 29.1 Å². The van der Waals surface area contributed by atoms with Crippen LogP contribution in [0.3, 0.4) is 0 Å². The molecule has 0 fully saturated rings. The van der Waals surface area contributed by atoms with E-state index in [0.29, 0.717) is 15.9 Å². The number of halogens is 5. The number of benzene rings is 1. The van der Waals surface area contributed by atoms with Gasteiger partial charge in [-0.15, -0.1) is 13.2 Å². The second-order valence-corrected chi connectivity index (χ2v) is 17.9. The van der Waals surface area contributed by atoms with Gasteiger partial charge in [0.15, 0.2) is 17.4 Å². The fraction of sp³-hybridized carbons (Fsp3) is 0.480. The summed E-state index contributed by atoms with van der Waals surface area (Å²) in [6, 6.07) is 3.08. The van der Waals surface area contributed by atoms with Crippen molar-refractivity contribution in [2.75, 3.05) is 29.7 Å². The zero-order chi connectivity index (χ0) is 30.0. The Kier molecular flexibility index (Phi) is 9.73. The molecule has 0 spiro atoms. The second-order valence-electron chi connectivity index (χ2n) is 11.0. The molecule has 3 rings (SSSR count). The van der Waals surface area contributed by atoms with Gasteiger partial charge in [-0.3, -0.25) is 14.6 Å². The van der Waals surface area contributed by atoms with Crippen LogP contribution in [0.4, 0.5) is 33.9 Å². The van der Waals surface area contributed by atoms with Gasteiger partial charge in [0.1, 0.15) is 13.3 Å². The molecule has 1 aromatic carbocycles. The summed E-state index contributed by atoms with van der Waals surface area (Å²) in [6.07, 6.45) is -3.58. The Balaban J connectivity index is 1.86. The summed E-state index contributed by atoms with van der Waals surface area (Å²) in [6.45, 7) is 9.37. The molecule has 2 N–H and O–H groups in total. The predicted molar refractivity (Wildman–Crippen MR) is 151 cm³/mol. The van der Waals surface area contributed by atoms with Gasteiger partial charge < -0.3 is 19.9 Å². The van der Waals surface area contributed by atoms with Crippen molar-refractivity contribution < 1.29 is 41.7 Å². The molecule has 0 radical (unpaired) electrons. The Hall–Kier alpha value is -2.50. The molecule has 0 bridgehead atoms. The van der Waals surface area contributed by atoms with E-state index < -0.39 is 56.1 Å². The number of rotatable bonds is 9. The number of ether oxygens (including phenoxy) is 2. The molecule has 2 aromatic rings. The SMILES string of the molecule is CC(C)(O)C(NC(=O)N1CC(=O)N(COCC[Si](C)(C)C)c2cc(I)cnc21)c1ccc(OC(F)(F)F)c(F)c1. The van der Waals surface area contributed by atoms with Gasteiger partial charge in [0, 0.05) is 24.4 Å². The van der Waals surface area contributed by atoms with E-state index in [1.165, 1.54) is 24.9 Å². The van der Waals surface area contributed by atoms with Crippen LogP contribution in [0, 0.1) is 9.39 Å². The van der Waals surface area contributed by atoms with E-state index in [2.05, 4.69) is 34.7 Å². The molecule has 1 unspecified atom stereocenters. The number of hydrogen-bond acceptors (Lipinski definition) is 6. The first-order valence-electron chi connectivity index (χ1n) is 12.2. The Morgan fingerprint density at radius 1 is 1.25 bits per heavy atom. The largest absolute Gasteiger partial charge is 0.573 e. The number of nitrogens with one attached hydrogen (secondary N) is 1. The molecule has 0 saturated heterocycles. The first-order valence-corrected chi connectivity index (χ1v) is 17.0. The number of hydrogen-bond donors (Lipinski definition) is 2. The van der Waals surface area contributed by atoms with Crippen LogP contribution in [0.1, 0.15) is 25.5 Å². The molecule has 220 valence electrons. The summed E-state index contributed by atoms with van der Waals surface area (Å²) in [5.74, 6) is -2.66. The van der Waals surface area contributed by atoms with Crippen LogP contribution in [-0.4, -0.2) is 61.9 Å². The first-order chi connectivity index (χ1) is 18.4. The Morgan fingerprint density at radius 3 is 2.50 bits per heavy atom. The van der Waals surface area contributed by atoms with Gasteiger partial charge in [-0.1, -0.05) is 25.7 Å². The van der Waals surface area contributed by atoms with Crippen molar-refractivity contribution in [3.63, 3.8) is 0 Å². The minimum absolute atomic E-state index is 0.0224. The molecule has 0 saturated carbocycles. The number of urea groups is 1. The maximum Gasteiger partial charge on any atom is 0.573 e. The van der Waals surface area contributed by atoms with Gasteiger partial charge in [-0.05, 0) is 66.2 Å². The molecule has 0 aliphatic carbocycles. The standard InChI is InChI=1S/C25H31F4IN4O5Si/c1-24(2,37)21(15-6-7-19(17(26)10-15)39-25(27,28)29)32-23(36)33-13-20(35)34(14-38-8-9-40(3,4)5)18-11-16(30)12-31-22(18)33/h6-7,10-12,21,37H,8-9,13-14H2,1-5H3,(H,32,36). The fourth-order valence-corrected chi connectivity index (χ4v) is 5.07. The van der Waals surface area contributed by atoms with E-state index in [9.17, 15) is 32.3 Å². The molecular formula is C25H31F4IN4O5Si. The quantitative estimate of drug-likeness (QED) is 0.157. The van der Waals surface area contributed by atoms with Gasteiger partial charge in [0.2, 0.25) is 5.91 Å². The molecular weight excluding hydrogens is 667 g/mol. The maximum atomic E-state index is 14.4. The highest BCUT2D eigenvalue weighted by atomic mass is 127. The number of fused-ring (bicyclic) bond motifs is 1. The molecule has 2 heterocycles. The number of aliphatic hydroxyl groups is 1. The molecule has 1 atom stereocenters. The monoisotopic (exact) mass is 698 g/mol. The van der Waals surface area contributed by atoms with Crippen molar-refractivity contribution in [1.29, 1.82) is 0 Å². The molecule has 1 aromatic heterocycles. The van der Waals surface area contributed by atoms with Gasteiger partial charge in [0.05, 0.1) is 17.3 Å². The Labute approximate surface area is 244 Å². The number of amides is 3. The van der Waals surface area contributed by atoms with Crippen LogP contribution in [0.2, 0.25) is 25.7 Å². The second kappa shape index (κ2) is 12.2. The van der Waals surface area contributed by atoms with Crippen LogP contribution in [0.25, 0.3) is 0 Å². The van der Waals surface area contributed by atoms with Gasteiger partial charge in [0.25, 0.3) is 0 Å². The summed E-state index contributed by atoms with van der Waals surface area (Å²) in [5, 5.41) is 13.3. The van der Waals surface area contributed by atoms with Crippen LogP contribution < -0.4 is 19.9 Å².